The predicted octanol–water partition coefficient (Wildman–Crippen LogP) is 6.79. The van der Waals surface area contributed by atoms with Crippen LogP contribution < -0.4 is 4.90 Å². The molecular formula is C37H39N3O. The summed E-state index contributed by atoms with van der Waals surface area (Å²) in [6.45, 7) is 2.18. The second-order valence-corrected chi connectivity index (χ2v) is 11.7. The van der Waals surface area contributed by atoms with Crippen molar-refractivity contribution in [3.05, 3.63) is 138 Å². The van der Waals surface area contributed by atoms with E-state index in [4.69, 9.17) is 4.99 Å². The topological polar surface area (TPSA) is 35.9 Å². The van der Waals surface area contributed by atoms with Crippen molar-refractivity contribution in [1.82, 2.24) is 4.90 Å². The normalized spacial score (nSPS) is 20.1. The van der Waals surface area contributed by atoms with Crippen LogP contribution in [0.25, 0.3) is 0 Å². The van der Waals surface area contributed by atoms with Crippen LogP contribution in [0, 0.1) is 11.8 Å². The molecule has 1 saturated carbocycles. The number of carbonyl (C=O) groups excluding carboxylic acids is 1. The standard InChI is InChI=1S/C37H39N3O/c1-39(2)32-20-18-29(19-21-32)25-38-36(24-28-12-6-3-7-13-28)40-26-33-34(27-40)37(23-22-35(33)41,30-14-8-4-9-15-30)31-16-10-5-11-17-31/h3-21,33-34H,22-27H2,1-2H3. The van der Waals surface area contributed by atoms with Crippen LogP contribution in [0.1, 0.15) is 35.1 Å². The van der Waals surface area contributed by atoms with E-state index in [1.807, 2.05) is 0 Å². The predicted molar refractivity (Wildman–Crippen MR) is 169 cm³/mol. The van der Waals surface area contributed by atoms with Crippen molar-refractivity contribution in [2.75, 3.05) is 32.1 Å². The minimum absolute atomic E-state index is 0.00971. The molecule has 6 rings (SSSR count). The lowest BCUT2D eigenvalue weighted by Gasteiger charge is -2.45. The number of ketones is 1. The fourth-order valence-corrected chi connectivity index (χ4v) is 7.01. The highest BCUT2D eigenvalue weighted by atomic mass is 16.1. The van der Waals surface area contributed by atoms with Crippen molar-refractivity contribution < 1.29 is 4.79 Å². The first-order valence-corrected chi connectivity index (χ1v) is 14.8. The molecule has 1 heterocycles. The van der Waals surface area contributed by atoms with Gasteiger partial charge < -0.3 is 9.80 Å². The van der Waals surface area contributed by atoms with Crippen molar-refractivity contribution in [3.8, 4) is 0 Å². The van der Waals surface area contributed by atoms with Crippen LogP contribution in [0.5, 0.6) is 0 Å². The average Bonchev–Trinajstić information content (AvgIpc) is 3.48. The fourth-order valence-electron chi connectivity index (χ4n) is 7.01. The third kappa shape index (κ3) is 5.44. The third-order valence-corrected chi connectivity index (χ3v) is 9.18. The van der Waals surface area contributed by atoms with Gasteiger partial charge >= 0.3 is 0 Å². The molecule has 2 unspecified atom stereocenters. The van der Waals surface area contributed by atoms with E-state index in [0.29, 0.717) is 18.7 Å². The van der Waals surface area contributed by atoms with Crippen LogP contribution in [-0.4, -0.2) is 43.7 Å². The van der Waals surface area contributed by atoms with Gasteiger partial charge in [-0.2, -0.15) is 0 Å². The van der Waals surface area contributed by atoms with Gasteiger partial charge in [0.2, 0.25) is 0 Å². The Kier molecular flexibility index (Phi) is 7.74. The van der Waals surface area contributed by atoms with Crippen molar-refractivity contribution in [1.29, 1.82) is 0 Å². The summed E-state index contributed by atoms with van der Waals surface area (Å²) in [5, 5.41) is 0. The molecule has 0 N–H and O–H groups in total. The number of nitrogens with zero attached hydrogens (tertiary/aromatic N) is 3. The van der Waals surface area contributed by atoms with Crippen molar-refractivity contribution in [2.24, 2.45) is 16.8 Å². The number of benzene rings is 4. The van der Waals surface area contributed by atoms with E-state index < -0.39 is 0 Å². The molecule has 2 aliphatic rings. The molecule has 1 saturated heterocycles. The maximum atomic E-state index is 13.5. The highest BCUT2D eigenvalue weighted by Crippen LogP contribution is 2.52. The highest BCUT2D eigenvalue weighted by Gasteiger charge is 2.54. The van der Waals surface area contributed by atoms with Gasteiger partial charge in [0, 0.05) is 63.0 Å². The molecule has 0 aromatic heterocycles. The van der Waals surface area contributed by atoms with Gasteiger partial charge in [0.25, 0.3) is 0 Å². The highest BCUT2D eigenvalue weighted by molar-refractivity contribution is 5.88. The smallest absolute Gasteiger partial charge is 0.138 e. The Balaban J connectivity index is 1.37. The van der Waals surface area contributed by atoms with E-state index in [2.05, 4.69) is 139 Å². The number of hydrogen-bond donors (Lipinski definition) is 0. The van der Waals surface area contributed by atoms with Gasteiger partial charge in [0.15, 0.2) is 0 Å². The average molecular weight is 542 g/mol. The number of anilines is 1. The lowest BCUT2D eigenvalue weighted by molar-refractivity contribution is -0.126. The minimum Gasteiger partial charge on any atom is -0.378 e. The molecule has 0 radical (unpaired) electrons. The molecule has 0 bridgehead atoms. The molecule has 2 fully saturated rings. The number of carbonyl (C=O) groups is 1. The molecule has 4 heteroatoms. The number of aliphatic imine (C=N–C) groups is 1. The summed E-state index contributed by atoms with van der Waals surface area (Å²) < 4.78 is 0. The van der Waals surface area contributed by atoms with Gasteiger partial charge in [0.1, 0.15) is 11.6 Å². The SMILES string of the molecule is CN(C)c1ccc(CN=C(Cc2ccccc2)N2CC3C(=O)CCC(c4ccccc4)(c4ccccc4)C3C2)cc1. The Morgan fingerprint density at radius 1 is 0.780 bits per heavy atom. The van der Waals surface area contributed by atoms with E-state index in [9.17, 15) is 4.79 Å². The zero-order chi connectivity index (χ0) is 28.2. The molecule has 0 spiro atoms. The summed E-state index contributed by atoms with van der Waals surface area (Å²) in [5.41, 5.74) is 6.05. The number of likely N-dealkylation sites (tertiary alicyclic amines) is 1. The second kappa shape index (κ2) is 11.7. The van der Waals surface area contributed by atoms with E-state index in [-0.39, 0.29) is 17.3 Å². The summed E-state index contributed by atoms with van der Waals surface area (Å²) in [6.07, 6.45) is 2.22. The number of fused-ring (bicyclic) bond motifs is 1. The molecule has 4 aromatic carbocycles. The lowest BCUT2D eigenvalue weighted by atomic mass is 9.56. The second-order valence-electron chi connectivity index (χ2n) is 11.7. The fraction of sp³-hybridized carbons (Fsp3) is 0.297. The van der Waals surface area contributed by atoms with E-state index in [1.165, 1.54) is 27.9 Å². The molecule has 2 atom stereocenters. The summed E-state index contributed by atoms with van der Waals surface area (Å²) in [5.74, 6) is 1.65. The molecule has 208 valence electrons. The van der Waals surface area contributed by atoms with Crippen LogP contribution in [0.2, 0.25) is 0 Å². The Morgan fingerprint density at radius 3 is 1.95 bits per heavy atom. The first-order valence-electron chi connectivity index (χ1n) is 14.8. The van der Waals surface area contributed by atoms with Crippen molar-refractivity contribution >= 4 is 17.3 Å². The summed E-state index contributed by atoms with van der Waals surface area (Å²) >= 11 is 0. The Hall–Kier alpha value is -4.18. The summed E-state index contributed by atoms with van der Waals surface area (Å²) in [6, 6.07) is 41.0. The van der Waals surface area contributed by atoms with Gasteiger partial charge in [-0.1, -0.05) is 103 Å². The molecule has 1 aliphatic heterocycles. The molecule has 0 amide bonds. The molecule has 4 aromatic rings. The van der Waals surface area contributed by atoms with Crippen molar-refractivity contribution in [3.63, 3.8) is 0 Å². The quantitative estimate of drug-likeness (QED) is 0.191. The first kappa shape index (κ1) is 27.0. The Bertz CT molecular complexity index is 1440. The third-order valence-electron chi connectivity index (χ3n) is 9.18. The van der Waals surface area contributed by atoms with Crippen LogP contribution in [0.3, 0.4) is 0 Å². The zero-order valence-electron chi connectivity index (χ0n) is 24.1. The zero-order valence-corrected chi connectivity index (χ0v) is 24.1. The van der Waals surface area contributed by atoms with E-state index in [0.717, 1.165) is 31.8 Å². The molecule has 1 aliphatic carbocycles. The number of rotatable bonds is 7. The van der Waals surface area contributed by atoms with Gasteiger partial charge in [-0.15, -0.1) is 0 Å². The monoisotopic (exact) mass is 541 g/mol. The van der Waals surface area contributed by atoms with Crippen LogP contribution in [-0.2, 0) is 23.2 Å². The van der Waals surface area contributed by atoms with Gasteiger partial charge in [-0.25, -0.2) is 0 Å². The van der Waals surface area contributed by atoms with Crippen molar-refractivity contribution in [2.45, 2.75) is 31.2 Å². The Labute approximate surface area is 244 Å². The maximum absolute atomic E-state index is 13.5. The van der Waals surface area contributed by atoms with E-state index in [1.54, 1.807) is 0 Å². The largest absolute Gasteiger partial charge is 0.378 e. The maximum Gasteiger partial charge on any atom is 0.138 e. The summed E-state index contributed by atoms with van der Waals surface area (Å²) in [4.78, 5) is 23.3. The van der Waals surface area contributed by atoms with Crippen LogP contribution in [0.4, 0.5) is 5.69 Å². The lowest BCUT2D eigenvalue weighted by Crippen LogP contribution is -2.47. The summed E-state index contributed by atoms with van der Waals surface area (Å²) in [7, 11) is 4.12. The van der Waals surface area contributed by atoms with Gasteiger partial charge in [-0.3, -0.25) is 9.79 Å². The number of Topliss-reactive ketones (excluding diaryl/α,β-unsaturated/α-hetero) is 1. The molecule has 41 heavy (non-hydrogen) atoms. The van der Waals surface area contributed by atoms with Gasteiger partial charge in [-0.05, 0) is 40.8 Å². The molecular weight excluding hydrogens is 502 g/mol. The van der Waals surface area contributed by atoms with Gasteiger partial charge in [0.05, 0.1) is 6.54 Å². The molecule has 4 nitrogen and oxygen atoms in total. The van der Waals surface area contributed by atoms with E-state index >= 15 is 0 Å². The minimum atomic E-state index is -0.199. The number of amidine groups is 1. The first-order chi connectivity index (χ1) is 20.0. The number of hydrogen-bond acceptors (Lipinski definition) is 3. The van der Waals surface area contributed by atoms with Crippen LogP contribution >= 0.6 is 0 Å². The Morgan fingerprint density at radius 2 is 1.37 bits per heavy atom. The van der Waals surface area contributed by atoms with Crippen LogP contribution in [0.15, 0.2) is 120 Å².